The summed E-state index contributed by atoms with van der Waals surface area (Å²) in [6.45, 7) is 6.41. The van der Waals surface area contributed by atoms with Crippen LogP contribution in [0.3, 0.4) is 0 Å². The Morgan fingerprint density at radius 2 is 2.14 bits per heavy atom. The maximum absolute atomic E-state index is 5.63. The van der Waals surface area contributed by atoms with Crippen LogP contribution in [0.5, 0.6) is 0 Å². The van der Waals surface area contributed by atoms with Crippen molar-refractivity contribution in [1.29, 1.82) is 0 Å². The van der Waals surface area contributed by atoms with Crippen molar-refractivity contribution < 1.29 is 4.74 Å². The van der Waals surface area contributed by atoms with Crippen LogP contribution in [-0.2, 0) is 11.3 Å². The summed E-state index contributed by atoms with van der Waals surface area (Å²) < 4.78 is 5.63. The number of halogens is 1. The number of ether oxygens (including phenoxy) is 1. The first-order valence-corrected chi connectivity index (χ1v) is 10.5. The van der Waals surface area contributed by atoms with Crippen LogP contribution in [0.1, 0.15) is 51.0 Å². The zero-order valence-electron chi connectivity index (χ0n) is 17.3. The number of anilines is 1. The molecule has 0 spiro atoms. The number of rotatable bonds is 7. The molecule has 2 aliphatic rings. The Kier molecular flexibility index (Phi) is 10.3. The summed E-state index contributed by atoms with van der Waals surface area (Å²) in [5.41, 5.74) is 1.22. The van der Waals surface area contributed by atoms with Gasteiger partial charge in [-0.05, 0) is 43.4 Å². The molecule has 7 heteroatoms. The van der Waals surface area contributed by atoms with Crippen LogP contribution in [0.15, 0.2) is 23.3 Å². The van der Waals surface area contributed by atoms with Crippen LogP contribution in [-0.4, -0.2) is 50.3 Å². The standard InChI is InChI=1S/C21H35N5O.HI/c1-17-16-26(12-13-27-17)20-14-19(9-11-23-20)15-25-21(22-2)24-10-5-8-18-6-3-4-7-18;/h9,11,14,17-18H,3-8,10,12-13,15-16H2,1-2H3,(H2,22,24,25);1H. The van der Waals surface area contributed by atoms with Gasteiger partial charge in [0.25, 0.3) is 0 Å². The molecule has 1 atom stereocenters. The highest BCUT2D eigenvalue weighted by Gasteiger charge is 2.18. The van der Waals surface area contributed by atoms with Crippen molar-refractivity contribution in [3.05, 3.63) is 23.9 Å². The Labute approximate surface area is 186 Å². The highest BCUT2D eigenvalue weighted by Crippen LogP contribution is 2.28. The van der Waals surface area contributed by atoms with E-state index >= 15 is 0 Å². The minimum absolute atomic E-state index is 0. The zero-order chi connectivity index (χ0) is 18.9. The summed E-state index contributed by atoms with van der Waals surface area (Å²) in [5, 5.41) is 6.86. The molecule has 0 aromatic carbocycles. The molecule has 28 heavy (non-hydrogen) atoms. The molecule has 1 aromatic rings. The summed E-state index contributed by atoms with van der Waals surface area (Å²) in [6, 6.07) is 4.23. The number of nitrogens with one attached hydrogen (secondary N) is 2. The average molecular weight is 501 g/mol. The first-order valence-electron chi connectivity index (χ1n) is 10.5. The molecule has 6 nitrogen and oxygen atoms in total. The van der Waals surface area contributed by atoms with Crippen molar-refractivity contribution in [2.45, 2.75) is 58.1 Å². The maximum atomic E-state index is 5.63. The SMILES string of the molecule is CN=C(NCCCC1CCCC1)NCc1ccnc(N2CCOC(C)C2)c1.I. The van der Waals surface area contributed by atoms with Gasteiger partial charge in [-0.25, -0.2) is 4.98 Å². The monoisotopic (exact) mass is 501 g/mol. The number of nitrogens with zero attached hydrogens (tertiary/aromatic N) is 3. The van der Waals surface area contributed by atoms with Gasteiger partial charge in [0.15, 0.2) is 5.96 Å². The van der Waals surface area contributed by atoms with Crippen molar-refractivity contribution in [2.75, 3.05) is 38.2 Å². The summed E-state index contributed by atoms with van der Waals surface area (Å²) in [6.07, 6.45) is 10.4. The van der Waals surface area contributed by atoms with Gasteiger partial charge in [-0.2, -0.15) is 0 Å². The molecule has 2 N–H and O–H groups in total. The molecule has 1 unspecified atom stereocenters. The summed E-state index contributed by atoms with van der Waals surface area (Å²) >= 11 is 0. The van der Waals surface area contributed by atoms with Crippen molar-refractivity contribution in [1.82, 2.24) is 15.6 Å². The normalized spacial score (nSPS) is 20.7. The van der Waals surface area contributed by atoms with E-state index in [1.807, 2.05) is 13.2 Å². The van der Waals surface area contributed by atoms with Crippen LogP contribution in [0.25, 0.3) is 0 Å². The highest BCUT2D eigenvalue weighted by molar-refractivity contribution is 14.0. The predicted molar refractivity (Wildman–Crippen MR) is 127 cm³/mol. The fourth-order valence-corrected chi connectivity index (χ4v) is 4.07. The van der Waals surface area contributed by atoms with Crippen molar-refractivity contribution in [3.8, 4) is 0 Å². The Morgan fingerprint density at radius 1 is 1.32 bits per heavy atom. The van der Waals surface area contributed by atoms with Crippen LogP contribution in [0, 0.1) is 5.92 Å². The smallest absolute Gasteiger partial charge is 0.191 e. The molecule has 0 radical (unpaired) electrons. The molecule has 3 rings (SSSR count). The lowest BCUT2D eigenvalue weighted by Gasteiger charge is -2.32. The molecular formula is C21H36IN5O. The van der Waals surface area contributed by atoms with Gasteiger partial charge in [-0.1, -0.05) is 25.7 Å². The minimum atomic E-state index is 0. The Morgan fingerprint density at radius 3 is 2.89 bits per heavy atom. The van der Waals surface area contributed by atoms with E-state index in [2.05, 4.69) is 44.6 Å². The third kappa shape index (κ3) is 7.39. The second-order valence-electron chi connectivity index (χ2n) is 7.79. The molecule has 2 fully saturated rings. The molecule has 2 heterocycles. The van der Waals surface area contributed by atoms with Gasteiger partial charge in [-0.15, -0.1) is 24.0 Å². The molecule has 1 aromatic heterocycles. The maximum Gasteiger partial charge on any atom is 0.191 e. The largest absolute Gasteiger partial charge is 0.375 e. The van der Waals surface area contributed by atoms with E-state index in [1.54, 1.807) is 0 Å². The first kappa shape index (κ1) is 23.2. The summed E-state index contributed by atoms with van der Waals surface area (Å²) in [4.78, 5) is 11.2. The summed E-state index contributed by atoms with van der Waals surface area (Å²) in [5.74, 6) is 2.86. The number of morpholine rings is 1. The Balaban J connectivity index is 0.00000280. The van der Waals surface area contributed by atoms with Gasteiger partial charge in [-0.3, -0.25) is 4.99 Å². The third-order valence-corrected chi connectivity index (χ3v) is 5.61. The van der Waals surface area contributed by atoms with Crippen molar-refractivity contribution in [3.63, 3.8) is 0 Å². The quantitative estimate of drug-likeness (QED) is 0.259. The zero-order valence-corrected chi connectivity index (χ0v) is 19.7. The Bertz CT molecular complexity index is 606. The third-order valence-electron chi connectivity index (χ3n) is 5.61. The molecule has 1 aliphatic carbocycles. The highest BCUT2D eigenvalue weighted by atomic mass is 127. The second-order valence-corrected chi connectivity index (χ2v) is 7.79. The minimum Gasteiger partial charge on any atom is -0.375 e. The number of pyridine rings is 1. The van der Waals surface area contributed by atoms with Gasteiger partial charge in [0.1, 0.15) is 5.82 Å². The number of aromatic nitrogens is 1. The molecule has 1 saturated carbocycles. The van der Waals surface area contributed by atoms with Crippen molar-refractivity contribution in [2.24, 2.45) is 10.9 Å². The van der Waals surface area contributed by atoms with Crippen LogP contribution < -0.4 is 15.5 Å². The van der Waals surface area contributed by atoms with E-state index in [9.17, 15) is 0 Å². The first-order chi connectivity index (χ1) is 13.2. The lowest BCUT2D eigenvalue weighted by Crippen LogP contribution is -2.41. The van der Waals surface area contributed by atoms with Crippen LogP contribution >= 0.6 is 24.0 Å². The van der Waals surface area contributed by atoms with E-state index < -0.39 is 0 Å². The van der Waals surface area contributed by atoms with Gasteiger partial charge in [0.2, 0.25) is 0 Å². The van der Waals surface area contributed by atoms with E-state index in [0.717, 1.165) is 50.5 Å². The van der Waals surface area contributed by atoms with Gasteiger partial charge >= 0.3 is 0 Å². The molecular weight excluding hydrogens is 465 g/mol. The lowest BCUT2D eigenvalue weighted by atomic mass is 10.0. The predicted octanol–water partition coefficient (Wildman–Crippen LogP) is 3.56. The molecule has 0 amide bonds. The van der Waals surface area contributed by atoms with Crippen LogP contribution in [0.2, 0.25) is 0 Å². The fraction of sp³-hybridized carbons (Fsp3) is 0.714. The van der Waals surface area contributed by atoms with E-state index in [-0.39, 0.29) is 30.1 Å². The lowest BCUT2D eigenvalue weighted by molar-refractivity contribution is 0.0529. The number of guanidine groups is 1. The molecule has 158 valence electrons. The van der Waals surface area contributed by atoms with Crippen molar-refractivity contribution >= 4 is 35.8 Å². The van der Waals surface area contributed by atoms with E-state index in [1.165, 1.54) is 44.1 Å². The van der Waals surface area contributed by atoms with Gasteiger partial charge in [0, 0.05) is 39.4 Å². The fourth-order valence-electron chi connectivity index (χ4n) is 4.07. The number of hydrogen-bond donors (Lipinski definition) is 2. The average Bonchev–Trinajstić information content (AvgIpc) is 3.21. The molecule has 1 aliphatic heterocycles. The second kappa shape index (κ2) is 12.5. The summed E-state index contributed by atoms with van der Waals surface area (Å²) in [7, 11) is 1.83. The van der Waals surface area contributed by atoms with Gasteiger partial charge in [0.05, 0.1) is 12.7 Å². The number of hydrogen-bond acceptors (Lipinski definition) is 4. The van der Waals surface area contributed by atoms with Gasteiger partial charge < -0.3 is 20.3 Å². The van der Waals surface area contributed by atoms with E-state index in [4.69, 9.17) is 4.74 Å². The topological polar surface area (TPSA) is 61.8 Å². The van der Waals surface area contributed by atoms with Crippen LogP contribution in [0.4, 0.5) is 5.82 Å². The Hall–Kier alpha value is -1.09. The molecule has 1 saturated heterocycles. The molecule has 0 bridgehead atoms. The van der Waals surface area contributed by atoms with E-state index in [0.29, 0.717) is 0 Å². The number of aliphatic imine (C=N–C) groups is 1.